The van der Waals surface area contributed by atoms with Gasteiger partial charge in [0.05, 0.1) is 15.6 Å². The Morgan fingerprint density at radius 1 is 1.24 bits per heavy atom. The Labute approximate surface area is 129 Å². The van der Waals surface area contributed by atoms with Crippen molar-refractivity contribution in [3.8, 4) is 0 Å². The quantitative estimate of drug-likeness (QED) is 0.520. The summed E-state index contributed by atoms with van der Waals surface area (Å²) in [6.45, 7) is 0. The van der Waals surface area contributed by atoms with E-state index in [-0.39, 0.29) is 26.4 Å². The van der Waals surface area contributed by atoms with Crippen LogP contribution in [0.15, 0.2) is 41.4 Å². The molecule has 7 nitrogen and oxygen atoms in total. The van der Waals surface area contributed by atoms with Gasteiger partial charge in [0.2, 0.25) is 0 Å². The average Bonchev–Trinajstić information content (AvgIpc) is 2.41. The smallest absolute Gasteiger partial charge is 0.271 e. The molecule has 0 aliphatic heterocycles. The monoisotopic (exact) mass is 347 g/mol. The Hall–Kier alpha value is -1.90. The van der Waals surface area contributed by atoms with Crippen LogP contribution < -0.4 is 4.72 Å². The van der Waals surface area contributed by atoms with E-state index in [0.717, 1.165) is 12.1 Å². The Balaban J connectivity index is 2.38. The molecule has 0 amide bonds. The van der Waals surface area contributed by atoms with Gasteiger partial charge >= 0.3 is 0 Å². The largest absolute Gasteiger partial charge is 0.278 e. The van der Waals surface area contributed by atoms with E-state index in [4.69, 9.17) is 23.2 Å². The van der Waals surface area contributed by atoms with Crippen molar-refractivity contribution in [1.29, 1.82) is 0 Å². The van der Waals surface area contributed by atoms with E-state index in [2.05, 4.69) is 9.71 Å². The van der Waals surface area contributed by atoms with Crippen LogP contribution in [0.3, 0.4) is 0 Å². The lowest BCUT2D eigenvalue weighted by Gasteiger charge is -2.10. The molecule has 0 unspecified atom stereocenters. The fraction of sp³-hybridized carbons (Fsp3) is 0. The Kier molecular flexibility index (Phi) is 4.31. The SMILES string of the molecule is O=[N+]([O-])c1ccc(NS(=O)(=O)c2cccnc2Cl)c(Cl)c1. The standard InChI is InChI=1S/C11H7Cl2N3O4S/c12-8-6-7(16(17)18)3-4-9(8)15-21(19,20)10-2-1-5-14-11(10)13/h1-6,15H. The van der Waals surface area contributed by atoms with E-state index in [1.54, 1.807) is 0 Å². The van der Waals surface area contributed by atoms with Gasteiger partial charge in [-0.2, -0.15) is 0 Å². The molecule has 21 heavy (non-hydrogen) atoms. The van der Waals surface area contributed by atoms with Crippen LogP contribution >= 0.6 is 23.2 Å². The van der Waals surface area contributed by atoms with Crippen LogP contribution in [0.25, 0.3) is 0 Å². The van der Waals surface area contributed by atoms with E-state index >= 15 is 0 Å². The number of nitro groups is 1. The number of hydrogen-bond acceptors (Lipinski definition) is 5. The van der Waals surface area contributed by atoms with Crippen molar-refractivity contribution < 1.29 is 13.3 Å². The fourth-order valence-electron chi connectivity index (χ4n) is 1.47. The number of rotatable bonds is 4. The summed E-state index contributed by atoms with van der Waals surface area (Å²) < 4.78 is 26.5. The number of non-ortho nitro benzene ring substituents is 1. The fourth-order valence-corrected chi connectivity index (χ4v) is 3.28. The van der Waals surface area contributed by atoms with Gasteiger partial charge in [0.1, 0.15) is 10.0 Å². The summed E-state index contributed by atoms with van der Waals surface area (Å²) in [5.41, 5.74) is -0.246. The molecule has 0 saturated heterocycles. The maximum absolute atomic E-state index is 12.2. The van der Waals surface area contributed by atoms with Crippen LogP contribution in [0, 0.1) is 10.1 Å². The molecule has 110 valence electrons. The maximum atomic E-state index is 12.2. The molecule has 1 aromatic heterocycles. The first-order chi connectivity index (χ1) is 9.81. The molecule has 0 fully saturated rings. The zero-order valence-corrected chi connectivity index (χ0v) is 12.5. The minimum absolute atomic E-state index is 0.00202. The summed E-state index contributed by atoms with van der Waals surface area (Å²) in [5.74, 6) is 0. The number of nitro benzene ring substituents is 1. The summed E-state index contributed by atoms with van der Waals surface area (Å²) >= 11 is 11.6. The first-order valence-electron chi connectivity index (χ1n) is 5.38. The molecule has 0 radical (unpaired) electrons. The zero-order chi connectivity index (χ0) is 15.6. The molecule has 2 rings (SSSR count). The topological polar surface area (TPSA) is 102 Å². The number of aromatic nitrogens is 1. The first-order valence-corrected chi connectivity index (χ1v) is 7.62. The van der Waals surface area contributed by atoms with Crippen LogP contribution in [0.4, 0.5) is 11.4 Å². The number of hydrogen-bond donors (Lipinski definition) is 1. The van der Waals surface area contributed by atoms with Gasteiger partial charge in [-0.25, -0.2) is 13.4 Å². The molecule has 1 N–H and O–H groups in total. The predicted octanol–water partition coefficient (Wildman–Crippen LogP) is 3.10. The van der Waals surface area contributed by atoms with Gasteiger partial charge in [-0.1, -0.05) is 23.2 Å². The summed E-state index contributed by atoms with van der Waals surface area (Å²) in [6.07, 6.45) is 1.35. The van der Waals surface area contributed by atoms with E-state index in [9.17, 15) is 18.5 Å². The molecule has 10 heteroatoms. The molecular weight excluding hydrogens is 341 g/mol. The second kappa shape index (κ2) is 5.84. The van der Waals surface area contributed by atoms with Crippen LogP contribution in [0.2, 0.25) is 10.2 Å². The van der Waals surface area contributed by atoms with Crippen LogP contribution in [0.1, 0.15) is 0 Å². The third kappa shape index (κ3) is 3.41. The number of nitrogens with one attached hydrogen (secondary N) is 1. The number of nitrogens with zero attached hydrogens (tertiary/aromatic N) is 2. The highest BCUT2D eigenvalue weighted by atomic mass is 35.5. The number of halogens is 2. The molecular formula is C11H7Cl2N3O4S. The van der Waals surface area contributed by atoms with E-state index in [1.807, 2.05) is 0 Å². The van der Waals surface area contributed by atoms with Gasteiger partial charge in [0, 0.05) is 18.3 Å². The second-order valence-electron chi connectivity index (χ2n) is 3.82. The molecule has 0 spiro atoms. The predicted molar refractivity (Wildman–Crippen MR) is 78.2 cm³/mol. The lowest BCUT2D eigenvalue weighted by atomic mass is 10.3. The third-order valence-corrected chi connectivity index (χ3v) is 4.55. The van der Waals surface area contributed by atoms with Gasteiger partial charge in [-0.05, 0) is 18.2 Å². The van der Waals surface area contributed by atoms with Gasteiger partial charge in [-0.3, -0.25) is 14.8 Å². The van der Waals surface area contributed by atoms with Gasteiger partial charge in [-0.15, -0.1) is 0 Å². The van der Waals surface area contributed by atoms with Crippen molar-refractivity contribution >= 4 is 44.6 Å². The van der Waals surface area contributed by atoms with Gasteiger partial charge < -0.3 is 0 Å². The van der Waals surface area contributed by atoms with Crippen molar-refractivity contribution in [2.45, 2.75) is 4.90 Å². The van der Waals surface area contributed by atoms with E-state index < -0.39 is 14.9 Å². The first kappa shape index (κ1) is 15.5. The highest BCUT2D eigenvalue weighted by molar-refractivity contribution is 7.92. The van der Waals surface area contributed by atoms with Crippen LogP contribution in [-0.4, -0.2) is 18.3 Å². The van der Waals surface area contributed by atoms with Gasteiger partial charge in [0.15, 0.2) is 0 Å². The number of sulfonamides is 1. The molecule has 0 aliphatic rings. The van der Waals surface area contributed by atoms with Crippen molar-refractivity contribution in [3.63, 3.8) is 0 Å². The number of anilines is 1. The Bertz CT molecular complexity index is 811. The minimum atomic E-state index is -4.00. The summed E-state index contributed by atoms with van der Waals surface area (Å²) in [6, 6.07) is 6.07. The average molecular weight is 348 g/mol. The zero-order valence-electron chi connectivity index (χ0n) is 10.2. The lowest BCUT2D eigenvalue weighted by Crippen LogP contribution is -2.14. The lowest BCUT2D eigenvalue weighted by molar-refractivity contribution is -0.384. The van der Waals surface area contributed by atoms with Crippen molar-refractivity contribution in [2.24, 2.45) is 0 Å². The highest BCUT2D eigenvalue weighted by Crippen LogP contribution is 2.29. The molecule has 0 atom stereocenters. The summed E-state index contributed by atoms with van der Waals surface area (Å²) in [7, 11) is -4.00. The second-order valence-corrected chi connectivity index (χ2v) is 6.24. The summed E-state index contributed by atoms with van der Waals surface area (Å²) in [4.78, 5) is 13.4. The minimum Gasteiger partial charge on any atom is -0.278 e. The molecule has 0 saturated carbocycles. The molecule has 2 aromatic rings. The molecule has 0 aliphatic carbocycles. The molecule has 1 aromatic carbocycles. The van der Waals surface area contributed by atoms with E-state index in [1.165, 1.54) is 24.4 Å². The Morgan fingerprint density at radius 2 is 1.95 bits per heavy atom. The van der Waals surface area contributed by atoms with E-state index in [0.29, 0.717) is 0 Å². The number of pyridine rings is 1. The third-order valence-electron chi connectivity index (χ3n) is 2.42. The van der Waals surface area contributed by atoms with Crippen molar-refractivity contribution in [3.05, 3.63) is 56.8 Å². The van der Waals surface area contributed by atoms with Gasteiger partial charge in [0.25, 0.3) is 15.7 Å². The molecule has 0 bridgehead atoms. The van der Waals surface area contributed by atoms with Crippen LogP contribution in [-0.2, 0) is 10.0 Å². The normalized spacial score (nSPS) is 11.1. The molecule has 1 heterocycles. The van der Waals surface area contributed by atoms with Crippen molar-refractivity contribution in [2.75, 3.05) is 4.72 Å². The Morgan fingerprint density at radius 3 is 2.52 bits per heavy atom. The number of benzene rings is 1. The summed E-state index contributed by atoms with van der Waals surface area (Å²) in [5, 5.41) is 10.3. The maximum Gasteiger partial charge on any atom is 0.271 e. The van der Waals surface area contributed by atoms with Crippen molar-refractivity contribution in [1.82, 2.24) is 4.98 Å². The highest BCUT2D eigenvalue weighted by Gasteiger charge is 2.20. The van der Waals surface area contributed by atoms with Crippen LogP contribution in [0.5, 0.6) is 0 Å².